The minimum atomic E-state index is -0.514. The van der Waals surface area contributed by atoms with Crippen molar-refractivity contribution in [3.8, 4) is 11.4 Å². The zero-order valence-corrected chi connectivity index (χ0v) is 15.7. The van der Waals surface area contributed by atoms with E-state index in [1.807, 2.05) is 11.0 Å². The summed E-state index contributed by atoms with van der Waals surface area (Å²) < 4.78 is 19.4. The van der Waals surface area contributed by atoms with Gasteiger partial charge in [0.05, 0.1) is 12.3 Å². The fourth-order valence-electron chi connectivity index (χ4n) is 3.20. The topological polar surface area (TPSA) is 67.3 Å². The minimum Gasteiger partial charge on any atom is -0.376 e. The van der Waals surface area contributed by atoms with E-state index in [9.17, 15) is 9.18 Å². The Morgan fingerprint density at radius 3 is 3.07 bits per heavy atom. The van der Waals surface area contributed by atoms with Crippen LogP contribution >= 0.6 is 0 Å². The molecule has 0 spiro atoms. The molecule has 1 aromatic heterocycles. The van der Waals surface area contributed by atoms with Crippen molar-refractivity contribution in [2.45, 2.75) is 32.3 Å². The fraction of sp³-hybridized carbons (Fsp3) is 0.450. The van der Waals surface area contributed by atoms with Crippen LogP contribution in [0.1, 0.15) is 36.5 Å². The van der Waals surface area contributed by atoms with Crippen LogP contribution in [0.5, 0.6) is 0 Å². The van der Waals surface area contributed by atoms with Gasteiger partial charge in [-0.2, -0.15) is 0 Å². The van der Waals surface area contributed by atoms with Gasteiger partial charge in [0.25, 0.3) is 5.91 Å². The van der Waals surface area contributed by atoms with Gasteiger partial charge in [-0.3, -0.25) is 4.79 Å². The average molecular weight is 372 g/mol. The fourth-order valence-corrected chi connectivity index (χ4v) is 3.20. The predicted molar refractivity (Wildman–Crippen MR) is 102 cm³/mol. The van der Waals surface area contributed by atoms with Gasteiger partial charge >= 0.3 is 0 Å². The molecule has 1 amide bonds. The number of anilines is 1. The van der Waals surface area contributed by atoms with Crippen molar-refractivity contribution in [1.82, 2.24) is 14.9 Å². The molecule has 7 heteroatoms. The summed E-state index contributed by atoms with van der Waals surface area (Å²) >= 11 is 0. The number of carbonyl (C=O) groups is 1. The van der Waals surface area contributed by atoms with E-state index in [2.05, 4.69) is 22.2 Å². The van der Waals surface area contributed by atoms with E-state index in [4.69, 9.17) is 4.74 Å². The van der Waals surface area contributed by atoms with Crippen molar-refractivity contribution in [1.29, 1.82) is 0 Å². The molecule has 1 saturated heterocycles. The van der Waals surface area contributed by atoms with Crippen molar-refractivity contribution in [2.75, 3.05) is 32.1 Å². The van der Waals surface area contributed by atoms with Crippen molar-refractivity contribution in [3.63, 3.8) is 0 Å². The number of likely N-dealkylation sites (tertiary alicyclic amines) is 1. The maximum absolute atomic E-state index is 13.6. The van der Waals surface area contributed by atoms with E-state index in [0.717, 1.165) is 38.6 Å². The summed E-state index contributed by atoms with van der Waals surface area (Å²) in [6.07, 6.45) is 4.12. The van der Waals surface area contributed by atoms with Gasteiger partial charge in [0, 0.05) is 37.9 Å². The van der Waals surface area contributed by atoms with Crippen LogP contribution in [0.2, 0.25) is 0 Å². The van der Waals surface area contributed by atoms with Crippen LogP contribution in [0.4, 0.5) is 10.2 Å². The summed E-state index contributed by atoms with van der Waals surface area (Å²) in [5.41, 5.74) is 1.25. The molecule has 1 atom stereocenters. The van der Waals surface area contributed by atoms with E-state index in [-0.39, 0.29) is 17.8 Å². The number of amides is 1. The number of nitrogens with zero attached hydrogens (tertiary/aromatic N) is 3. The third kappa shape index (κ3) is 4.60. The Morgan fingerprint density at radius 1 is 1.44 bits per heavy atom. The van der Waals surface area contributed by atoms with Crippen LogP contribution < -0.4 is 5.32 Å². The van der Waals surface area contributed by atoms with Gasteiger partial charge < -0.3 is 15.0 Å². The van der Waals surface area contributed by atoms with E-state index in [1.165, 1.54) is 0 Å². The maximum atomic E-state index is 13.6. The first kappa shape index (κ1) is 19.2. The Labute approximate surface area is 158 Å². The highest BCUT2D eigenvalue weighted by Crippen LogP contribution is 2.22. The Balaban J connectivity index is 1.77. The monoisotopic (exact) mass is 372 g/mol. The second kappa shape index (κ2) is 8.90. The van der Waals surface area contributed by atoms with Crippen molar-refractivity contribution < 1.29 is 13.9 Å². The molecule has 27 heavy (non-hydrogen) atoms. The molecule has 0 bridgehead atoms. The number of rotatable bonds is 6. The molecule has 1 aliphatic rings. The van der Waals surface area contributed by atoms with Gasteiger partial charge in [0.15, 0.2) is 17.5 Å². The minimum absolute atomic E-state index is 0.0300. The molecule has 2 aromatic rings. The van der Waals surface area contributed by atoms with Crippen molar-refractivity contribution >= 4 is 11.7 Å². The molecular weight excluding hydrogens is 347 g/mol. The quantitative estimate of drug-likeness (QED) is 0.842. The molecule has 6 nitrogen and oxygen atoms in total. The number of hydrogen-bond acceptors (Lipinski definition) is 5. The molecule has 0 unspecified atom stereocenters. The number of piperidine rings is 1. The third-order valence-corrected chi connectivity index (χ3v) is 4.57. The SMILES string of the molecule is CCCO[C@@H]1CCCN(C(=O)c2cccc(-c3ncc(F)c(NC)n3)c2)C1. The predicted octanol–water partition coefficient (Wildman–Crippen LogP) is 3.36. The molecule has 144 valence electrons. The Kier molecular flexibility index (Phi) is 6.34. The van der Waals surface area contributed by atoms with Gasteiger partial charge in [0.1, 0.15) is 0 Å². The molecule has 1 N–H and O–H groups in total. The molecular formula is C20H25FN4O2. The lowest BCUT2D eigenvalue weighted by Crippen LogP contribution is -2.43. The lowest BCUT2D eigenvalue weighted by molar-refractivity contribution is 0.00211. The van der Waals surface area contributed by atoms with E-state index in [1.54, 1.807) is 25.2 Å². The summed E-state index contributed by atoms with van der Waals surface area (Å²) in [4.78, 5) is 23.0. The zero-order chi connectivity index (χ0) is 19.2. The first-order chi connectivity index (χ1) is 13.1. The summed E-state index contributed by atoms with van der Waals surface area (Å²) in [6, 6.07) is 7.15. The van der Waals surface area contributed by atoms with E-state index >= 15 is 0 Å². The first-order valence-corrected chi connectivity index (χ1v) is 9.34. The normalized spacial score (nSPS) is 17.0. The molecule has 1 aromatic carbocycles. The summed E-state index contributed by atoms with van der Waals surface area (Å²) in [5, 5.41) is 2.70. The molecule has 0 saturated carbocycles. The lowest BCUT2D eigenvalue weighted by Gasteiger charge is -2.32. The van der Waals surface area contributed by atoms with Crippen molar-refractivity contribution in [3.05, 3.63) is 41.8 Å². The highest BCUT2D eigenvalue weighted by molar-refractivity contribution is 5.95. The van der Waals surface area contributed by atoms with Crippen molar-refractivity contribution in [2.24, 2.45) is 0 Å². The van der Waals surface area contributed by atoms with Crippen LogP contribution in [0.15, 0.2) is 30.5 Å². The highest BCUT2D eigenvalue weighted by atomic mass is 19.1. The largest absolute Gasteiger partial charge is 0.376 e. The summed E-state index contributed by atoms with van der Waals surface area (Å²) in [7, 11) is 1.60. The number of ether oxygens (including phenoxy) is 1. The molecule has 0 aliphatic carbocycles. The number of nitrogens with one attached hydrogen (secondary N) is 1. The van der Waals surface area contributed by atoms with Crippen LogP contribution in [-0.4, -0.2) is 53.6 Å². The van der Waals surface area contributed by atoms with Crippen LogP contribution in [0, 0.1) is 5.82 Å². The Hall–Kier alpha value is -2.54. The van der Waals surface area contributed by atoms with E-state index < -0.39 is 5.82 Å². The number of halogens is 1. The van der Waals surface area contributed by atoms with Gasteiger partial charge in [0.2, 0.25) is 0 Å². The molecule has 2 heterocycles. The Morgan fingerprint density at radius 2 is 2.30 bits per heavy atom. The summed E-state index contributed by atoms with van der Waals surface area (Å²) in [5.74, 6) is -0.0422. The first-order valence-electron chi connectivity index (χ1n) is 9.34. The van der Waals surface area contributed by atoms with Crippen LogP contribution in [0.3, 0.4) is 0 Å². The number of hydrogen-bond donors (Lipinski definition) is 1. The third-order valence-electron chi connectivity index (χ3n) is 4.57. The molecule has 0 radical (unpaired) electrons. The second-order valence-electron chi connectivity index (χ2n) is 6.61. The van der Waals surface area contributed by atoms with Gasteiger partial charge in [-0.15, -0.1) is 0 Å². The van der Waals surface area contributed by atoms with Gasteiger partial charge in [-0.1, -0.05) is 19.1 Å². The maximum Gasteiger partial charge on any atom is 0.253 e. The average Bonchev–Trinajstić information content (AvgIpc) is 2.72. The summed E-state index contributed by atoms with van der Waals surface area (Å²) in [6.45, 7) is 4.14. The molecule has 1 fully saturated rings. The number of aromatic nitrogens is 2. The second-order valence-corrected chi connectivity index (χ2v) is 6.61. The smallest absolute Gasteiger partial charge is 0.253 e. The number of benzene rings is 1. The van der Waals surface area contributed by atoms with Gasteiger partial charge in [-0.25, -0.2) is 14.4 Å². The highest BCUT2D eigenvalue weighted by Gasteiger charge is 2.25. The number of carbonyl (C=O) groups excluding carboxylic acids is 1. The van der Waals surface area contributed by atoms with Gasteiger partial charge in [-0.05, 0) is 31.4 Å². The molecule has 3 rings (SSSR count). The van der Waals surface area contributed by atoms with Crippen LogP contribution in [0.25, 0.3) is 11.4 Å². The Bertz CT molecular complexity index is 799. The van der Waals surface area contributed by atoms with E-state index in [0.29, 0.717) is 23.5 Å². The zero-order valence-electron chi connectivity index (χ0n) is 15.7. The molecule has 1 aliphatic heterocycles. The standard InChI is InChI=1S/C20H25FN4O2/c1-3-10-27-16-8-5-9-25(13-16)20(26)15-7-4-6-14(11-15)18-23-12-17(21)19(22-2)24-18/h4,6-7,11-12,16H,3,5,8-10,13H2,1-2H3,(H,22,23,24)/t16-/m1/s1. The lowest BCUT2D eigenvalue weighted by atomic mass is 10.0. The van der Waals surface area contributed by atoms with Crippen LogP contribution in [-0.2, 0) is 4.74 Å².